The zero-order chi connectivity index (χ0) is 14.2. The maximum Gasteiger partial charge on any atom is 0.0710 e. The Morgan fingerprint density at radius 3 is 2.71 bits per heavy atom. The molecule has 2 aromatic carbocycles. The van der Waals surface area contributed by atoms with E-state index >= 15 is 0 Å². The van der Waals surface area contributed by atoms with E-state index in [1.165, 1.54) is 31.3 Å². The highest BCUT2D eigenvalue weighted by molar-refractivity contribution is 7.25. The molecule has 1 unspecified atom stereocenters. The summed E-state index contributed by atoms with van der Waals surface area (Å²) in [4.78, 5) is 4.08. The predicted molar refractivity (Wildman–Crippen MR) is 94.4 cm³/mol. The Labute approximate surface area is 127 Å². The first-order chi connectivity index (χ1) is 10.3. The molecular weight excluding hydrogens is 274 g/mol. The highest BCUT2D eigenvalue weighted by Crippen LogP contribution is 2.35. The molecule has 3 aromatic rings. The molecule has 0 bridgehead atoms. The van der Waals surface area contributed by atoms with Crippen molar-refractivity contribution < 1.29 is 0 Å². The Morgan fingerprint density at radius 1 is 1.05 bits per heavy atom. The van der Waals surface area contributed by atoms with Crippen LogP contribution in [0.15, 0.2) is 65.7 Å². The molecule has 1 aromatic heterocycles. The van der Waals surface area contributed by atoms with Crippen LogP contribution in [0.1, 0.15) is 12.0 Å². The molecule has 0 fully saturated rings. The predicted octanol–water partition coefficient (Wildman–Crippen LogP) is 5.47. The summed E-state index contributed by atoms with van der Waals surface area (Å²) in [7, 11) is 0. The second-order valence-corrected chi connectivity index (χ2v) is 6.40. The number of rotatable bonds is 2. The molecule has 0 aliphatic heterocycles. The zero-order valence-corrected chi connectivity index (χ0v) is 12.4. The number of thiophene rings is 1. The highest BCUT2D eigenvalue weighted by atomic mass is 32.1. The summed E-state index contributed by atoms with van der Waals surface area (Å²) in [5, 5.41) is 2.71. The molecule has 4 rings (SSSR count). The van der Waals surface area contributed by atoms with Crippen LogP contribution in [-0.2, 0) is 0 Å². The molecule has 1 aliphatic rings. The molecule has 1 heterocycles. The van der Waals surface area contributed by atoms with Gasteiger partial charge in [0, 0.05) is 20.2 Å². The van der Waals surface area contributed by atoms with Gasteiger partial charge in [0.1, 0.15) is 0 Å². The molecular formula is C19H15NS. The van der Waals surface area contributed by atoms with Gasteiger partial charge in [-0.2, -0.15) is 0 Å². The van der Waals surface area contributed by atoms with Crippen LogP contribution in [0.2, 0.25) is 0 Å². The largest absolute Gasteiger partial charge is 0.293 e. The summed E-state index contributed by atoms with van der Waals surface area (Å²) in [5.41, 5.74) is 2.57. The molecule has 0 N–H and O–H groups in total. The van der Waals surface area contributed by atoms with Gasteiger partial charge in [-0.05, 0) is 42.5 Å². The minimum Gasteiger partial charge on any atom is -0.293 e. The van der Waals surface area contributed by atoms with Crippen molar-refractivity contribution >= 4 is 43.8 Å². The van der Waals surface area contributed by atoms with Gasteiger partial charge in [0.05, 0.1) is 6.04 Å². The van der Waals surface area contributed by atoms with Gasteiger partial charge >= 0.3 is 0 Å². The molecule has 0 amide bonds. The van der Waals surface area contributed by atoms with E-state index in [4.69, 9.17) is 0 Å². The second kappa shape index (κ2) is 4.97. The van der Waals surface area contributed by atoms with Crippen LogP contribution in [0, 0.1) is 0 Å². The number of aliphatic imine (C=N–C) groups is 1. The zero-order valence-electron chi connectivity index (χ0n) is 11.6. The van der Waals surface area contributed by atoms with Crippen molar-refractivity contribution in [1.29, 1.82) is 0 Å². The third kappa shape index (κ3) is 2.12. The fraction of sp³-hybridized carbons (Fsp3) is 0.105. The van der Waals surface area contributed by atoms with Gasteiger partial charge in [0.15, 0.2) is 0 Å². The van der Waals surface area contributed by atoms with Crippen LogP contribution in [0.3, 0.4) is 0 Å². The Hall–Kier alpha value is -2.19. The van der Waals surface area contributed by atoms with E-state index in [1.807, 2.05) is 11.3 Å². The summed E-state index contributed by atoms with van der Waals surface area (Å²) in [6, 6.07) is 15.6. The minimum absolute atomic E-state index is 0.236. The Kier molecular flexibility index (Phi) is 2.97. The molecule has 2 heteroatoms. The SMILES string of the molecule is C=NC1C=CC(c2ccc3sc4ccccc4c3c2)=CC1. The van der Waals surface area contributed by atoms with Crippen LogP contribution in [0.25, 0.3) is 25.7 Å². The Bertz CT molecular complexity index is 898. The molecule has 1 aliphatic carbocycles. The van der Waals surface area contributed by atoms with Crippen molar-refractivity contribution in [3.05, 3.63) is 66.3 Å². The first kappa shape index (κ1) is 12.5. The topological polar surface area (TPSA) is 12.4 Å². The van der Waals surface area contributed by atoms with E-state index in [2.05, 4.69) is 72.4 Å². The van der Waals surface area contributed by atoms with Crippen molar-refractivity contribution in [3.8, 4) is 0 Å². The maximum absolute atomic E-state index is 4.08. The number of hydrogen-bond donors (Lipinski definition) is 0. The van der Waals surface area contributed by atoms with Crippen LogP contribution in [-0.4, -0.2) is 12.8 Å². The molecule has 1 atom stereocenters. The summed E-state index contributed by atoms with van der Waals surface area (Å²) in [6.45, 7) is 3.62. The third-order valence-corrected chi connectivity index (χ3v) is 5.17. The fourth-order valence-electron chi connectivity index (χ4n) is 2.86. The molecule has 102 valence electrons. The lowest BCUT2D eigenvalue weighted by Crippen LogP contribution is -2.01. The van der Waals surface area contributed by atoms with Gasteiger partial charge in [0.2, 0.25) is 0 Å². The van der Waals surface area contributed by atoms with Crippen LogP contribution in [0.5, 0.6) is 0 Å². The first-order valence-electron chi connectivity index (χ1n) is 7.11. The average molecular weight is 289 g/mol. The van der Waals surface area contributed by atoms with E-state index in [0.29, 0.717) is 0 Å². The van der Waals surface area contributed by atoms with Crippen molar-refractivity contribution in [3.63, 3.8) is 0 Å². The van der Waals surface area contributed by atoms with Crippen LogP contribution < -0.4 is 0 Å². The Balaban J connectivity index is 1.84. The lowest BCUT2D eigenvalue weighted by molar-refractivity contribution is 0.837. The standard InChI is InChI=1S/C19H15NS/c1-20-15-9-6-13(7-10-15)14-8-11-19-17(12-14)16-4-2-3-5-18(16)21-19/h2-9,11-12,15H,1,10H2. The van der Waals surface area contributed by atoms with Crippen molar-refractivity contribution in [2.75, 3.05) is 0 Å². The first-order valence-corrected chi connectivity index (χ1v) is 7.93. The molecule has 0 radical (unpaired) electrons. The van der Waals surface area contributed by atoms with Crippen LogP contribution >= 0.6 is 11.3 Å². The number of allylic oxidation sites excluding steroid dienone is 2. The summed E-state index contributed by atoms with van der Waals surface area (Å²) >= 11 is 1.86. The van der Waals surface area contributed by atoms with Gasteiger partial charge < -0.3 is 0 Å². The van der Waals surface area contributed by atoms with Gasteiger partial charge in [0.25, 0.3) is 0 Å². The third-order valence-electron chi connectivity index (χ3n) is 4.02. The van der Waals surface area contributed by atoms with Crippen molar-refractivity contribution in [2.24, 2.45) is 4.99 Å². The average Bonchev–Trinajstić information content (AvgIpc) is 2.93. The van der Waals surface area contributed by atoms with Crippen molar-refractivity contribution in [1.82, 2.24) is 0 Å². The lowest BCUT2D eigenvalue weighted by atomic mass is 9.96. The van der Waals surface area contributed by atoms with Gasteiger partial charge in [-0.15, -0.1) is 11.3 Å². The molecule has 0 saturated carbocycles. The van der Waals surface area contributed by atoms with E-state index < -0.39 is 0 Å². The molecule has 1 nitrogen and oxygen atoms in total. The maximum atomic E-state index is 4.08. The van der Waals surface area contributed by atoms with Crippen LogP contribution in [0.4, 0.5) is 0 Å². The number of hydrogen-bond acceptors (Lipinski definition) is 2. The monoisotopic (exact) mass is 289 g/mol. The lowest BCUT2D eigenvalue weighted by Gasteiger charge is -2.12. The van der Waals surface area contributed by atoms with E-state index in [0.717, 1.165) is 6.42 Å². The summed E-state index contributed by atoms with van der Waals surface area (Å²) in [5.74, 6) is 0. The molecule has 0 saturated heterocycles. The molecule has 21 heavy (non-hydrogen) atoms. The van der Waals surface area contributed by atoms with Gasteiger partial charge in [-0.3, -0.25) is 4.99 Å². The smallest absolute Gasteiger partial charge is 0.0710 e. The molecule has 0 spiro atoms. The summed E-state index contributed by atoms with van der Waals surface area (Å²) < 4.78 is 2.71. The normalized spacial score (nSPS) is 18.1. The highest BCUT2D eigenvalue weighted by Gasteiger charge is 2.10. The minimum atomic E-state index is 0.236. The summed E-state index contributed by atoms with van der Waals surface area (Å²) in [6.07, 6.45) is 7.50. The quantitative estimate of drug-likeness (QED) is 0.555. The number of fused-ring (bicyclic) bond motifs is 3. The van der Waals surface area contributed by atoms with E-state index in [-0.39, 0.29) is 6.04 Å². The van der Waals surface area contributed by atoms with E-state index in [9.17, 15) is 0 Å². The fourth-order valence-corrected chi connectivity index (χ4v) is 3.95. The van der Waals surface area contributed by atoms with Gasteiger partial charge in [-0.25, -0.2) is 0 Å². The van der Waals surface area contributed by atoms with E-state index in [1.54, 1.807) is 0 Å². The number of benzene rings is 2. The number of nitrogens with zero attached hydrogens (tertiary/aromatic N) is 1. The van der Waals surface area contributed by atoms with Gasteiger partial charge in [-0.1, -0.05) is 42.5 Å². The second-order valence-electron chi connectivity index (χ2n) is 5.31. The Morgan fingerprint density at radius 2 is 1.90 bits per heavy atom. The van der Waals surface area contributed by atoms with Crippen molar-refractivity contribution in [2.45, 2.75) is 12.5 Å².